The molecule has 0 saturated carbocycles. The Balaban J connectivity index is 2.23. The van der Waals surface area contributed by atoms with Gasteiger partial charge < -0.3 is 35.8 Å². The molecule has 4 N–H and O–H groups in total. The topological polar surface area (TPSA) is 183 Å². The van der Waals surface area contributed by atoms with Gasteiger partial charge in [-0.25, -0.2) is 4.79 Å². The Labute approximate surface area is 314 Å². The Hall–Kier alpha value is -4.49. The number of Topliss-reactive ketones (excluding diaryl/α,β-unsaturated/α-hetero) is 1. The molecular formula is C39H62N6O8. The average Bonchev–Trinajstić information content (AvgIpc) is 3.50. The van der Waals surface area contributed by atoms with E-state index in [4.69, 9.17) is 4.74 Å². The van der Waals surface area contributed by atoms with E-state index in [1.807, 2.05) is 20.8 Å². The zero-order chi connectivity index (χ0) is 40.3. The predicted molar refractivity (Wildman–Crippen MR) is 201 cm³/mol. The number of benzene rings is 1. The molecule has 1 fully saturated rings. The van der Waals surface area contributed by atoms with E-state index in [1.165, 1.54) is 9.80 Å². The van der Waals surface area contributed by atoms with E-state index >= 15 is 0 Å². The lowest BCUT2D eigenvalue weighted by molar-refractivity contribution is -0.144. The number of likely N-dealkylation sites (tertiary alicyclic amines) is 1. The molecule has 1 aliphatic heterocycles. The number of carbonyl (C=O) groups is 7. The Morgan fingerprint density at radius 2 is 1.53 bits per heavy atom. The molecule has 2 rings (SSSR count). The summed E-state index contributed by atoms with van der Waals surface area (Å²) in [6, 6.07) is 4.45. The SMILES string of the molecule is CCCC(NC(=O)[C@@H]1C[C@@H](CCC(C)C)CN1C(=O)[C@@H](NC(=O)OC(C)(C)C)C(C)(C)C)C(=O)C(=O)NCC(=O)NC(C(=O)N(C)C)c1ccccc1. The number of rotatable bonds is 16. The molecule has 6 amide bonds. The van der Waals surface area contributed by atoms with Gasteiger partial charge >= 0.3 is 6.09 Å². The van der Waals surface area contributed by atoms with E-state index in [0.717, 1.165) is 12.8 Å². The minimum Gasteiger partial charge on any atom is -0.444 e. The molecule has 0 aliphatic carbocycles. The summed E-state index contributed by atoms with van der Waals surface area (Å²) >= 11 is 0. The molecule has 2 unspecified atom stereocenters. The number of nitrogens with one attached hydrogen (secondary N) is 4. The van der Waals surface area contributed by atoms with Gasteiger partial charge in [-0.15, -0.1) is 0 Å². The summed E-state index contributed by atoms with van der Waals surface area (Å²) in [6.07, 6.45) is 1.85. The predicted octanol–water partition coefficient (Wildman–Crippen LogP) is 3.50. The first kappa shape index (κ1) is 44.7. The average molecular weight is 743 g/mol. The standard InChI is InChI=1S/C39H62N6O8/c1-12-16-27(31(47)34(49)40-22-29(46)42-30(35(50)44(10)11)26-17-14-13-15-18-26)41-33(48)28-21-25(20-19-24(2)3)23-45(28)36(51)32(38(4,5)6)43-37(52)53-39(7,8)9/h13-15,17-18,24-25,27-28,30,32H,12,16,19-23H2,1-11H3,(H,40,49)(H,41,48)(H,42,46)(H,43,52)/t25-,27?,28+,30?,32-/m1/s1. The monoisotopic (exact) mass is 742 g/mol. The van der Waals surface area contributed by atoms with E-state index in [-0.39, 0.29) is 24.8 Å². The number of carbonyl (C=O) groups excluding carboxylic acids is 7. The van der Waals surface area contributed by atoms with Crippen LogP contribution in [0.25, 0.3) is 0 Å². The molecule has 14 nitrogen and oxygen atoms in total. The Kier molecular flexibility index (Phi) is 16.5. The molecule has 1 heterocycles. The van der Waals surface area contributed by atoms with Crippen LogP contribution in [0.1, 0.15) is 106 Å². The van der Waals surface area contributed by atoms with Crippen molar-refractivity contribution < 1.29 is 38.3 Å². The molecule has 1 saturated heterocycles. The third-order valence-electron chi connectivity index (χ3n) is 8.87. The van der Waals surface area contributed by atoms with Crippen LogP contribution < -0.4 is 21.3 Å². The first-order valence-electron chi connectivity index (χ1n) is 18.5. The smallest absolute Gasteiger partial charge is 0.408 e. The fourth-order valence-electron chi connectivity index (χ4n) is 6.07. The highest BCUT2D eigenvalue weighted by Gasteiger charge is 2.46. The maximum Gasteiger partial charge on any atom is 0.408 e. The van der Waals surface area contributed by atoms with E-state index in [2.05, 4.69) is 35.1 Å². The maximum absolute atomic E-state index is 14.2. The maximum atomic E-state index is 14.2. The molecular weight excluding hydrogens is 680 g/mol. The van der Waals surface area contributed by atoms with Crippen molar-refractivity contribution >= 4 is 41.4 Å². The minimum absolute atomic E-state index is 0.000437. The molecule has 14 heteroatoms. The van der Waals surface area contributed by atoms with Crippen LogP contribution in [0.3, 0.4) is 0 Å². The van der Waals surface area contributed by atoms with Gasteiger partial charge in [-0.3, -0.25) is 28.8 Å². The van der Waals surface area contributed by atoms with Crippen LogP contribution in [0.5, 0.6) is 0 Å². The minimum atomic E-state index is -1.21. The van der Waals surface area contributed by atoms with Crippen LogP contribution in [-0.2, 0) is 33.5 Å². The van der Waals surface area contributed by atoms with Gasteiger partial charge in [0.2, 0.25) is 29.4 Å². The molecule has 1 aromatic rings. The van der Waals surface area contributed by atoms with Crippen molar-refractivity contribution in [1.29, 1.82) is 0 Å². The normalized spacial score (nSPS) is 17.6. The number of alkyl carbamates (subject to hydrolysis) is 1. The van der Waals surface area contributed by atoms with Crippen molar-refractivity contribution in [3.8, 4) is 0 Å². The van der Waals surface area contributed by atoms with Gasteiger partial charge in [0.1, 0.15) is 23.7 Å². The number of hydrogen-bond donors (Lipinski definition) is 4. The molecule has 296 valence electrons. The molecule has 53 heavy (non-hydrogen) atoms. The molecule has 0 radical (unpaired) electrons. The van der Waals surface area contributed by atoms with Gasteiger partial charge in [0.15, 0.2) is 0 Å². The fraction of sp³-hybridized carbons (Fsp3) is 0.667. The molecule has 0 spiro atoms. The molecule has 5 atom stereocenters. The molecule has 0 aromatic heterocycles. The summed E-state index contributed by atoms with van der Waals surface area (Å²) in [5.74, 6) is -3.69. The van der Waals surface area contributed by atoms with Crippen molar-refractivity contribution in [1.82, 2.24) is 31.1 Å². The highest BCUT2D eigenvalue weighted by molar-refractivity contribution is 6.38. The van der Waals surface area contributed by atoms with Crippen molar-refractivity contribution in [3.63, 3.8) is 0 Å². The highest BCUT2D eigenvalue weighted by Crippen LogP contribution is 2.32. The number of ketones is 1. The second-order valence-electron chi connectivity index (χ2n) is 16.6. The first-order chi connectivity index (χ1) is 24.5. The third kappa shape index (κ3) is 14.1. The van der Waals surface area contributed by atoms with E-state index in [1.54, 1.807) is 72.1 Å². The van der Waals surface area contributed by atoms with Gasteiger partial charge in [-0.2, -0.15) is 0 Å². The quantitative estimate of drug-likeness (QED) is 0.186. The van der Waals surface area contributed by atoms with E-state index < -0.39 is 77.2 Å². The Bertz CT molecular complexity index is 1450. The summed E-state index contributed by atoms with van der Waals surface area (Å²) in [7, 11) is 3.12. The second-order valence-corrected chi connectivity index (χ2v) is 16.6. The largest absolute Gasteiger partial charge is 0.444 e. The Morgan fingerprint density at radius 1 is 0.906 bits per heavy atom. The van der Waals surface area contributed by atoms with Crippen molar-refractivity contribution in [2.75, 3.05) is 27.2 Å². The van der Waals surface area contributed by atoms with Gasteiger partial charge in [0.25, 0.3) is 5.91 Å². The number of likely N-dealkylation sites (N-methyl/N-ethyl adjacent to an activating group) is 1. The highest BCUT2D eigenvalue weighted by atomic mass is 16.6. The number of ether oxygens (including phenoxy) is 1. The number of hydrogen-bond acceptors (Lipinski definition) is 8. The first-order valence-corrected chi connectivity index (χ1v) is 18.5. The van der Waals surface area contributed by atoms with E-state index in [0.29, 0.717) is 24.3 Å². The van der Waals surface area contributed by atoms with Crippen LogP contribution in [0.4, 0.5) is 4.79 Å². The molecule has 0 bridgehead atoms. The summed E-state index contributed by atoms with van der Waals surface area (Å²) in [6.45, 7) is 16.3. The lowest BCUT2D eigenvalue weighted by atomic mass is 9.85. The molecule has 1 aromatic carbocycles. The third-order valence-corrected chi connectivity index (χ3v) is 8.87. The van der Waals surface area contributed by atoms with Crippen molar-refractivity contribution in [3.05, 3.63) is 35.9 Å². The Morgan fingerprint density at radius 3 is 2.06 bits per heavy atom. The van der Waals surface area contributed by atoms with Gasteiger partial charge in [-0.05, 0) is 62.8 Å². The van der Waals surface area contributed by atoms with Crippen LogP contribution in [0.15, 0.2) is 30.3 Å². The summed E-state index contributed by atoms with van der Waals surface area (Å²) in [5.41, 5.74) is -0.981. The lowest BCUT2D eigenvalue weighted by Crippen LogP contribution is -2.59. The summed E-state index contributed by atoms with van der Waals surface area (Å²) in [4.78, 5) is 96.0. The van der Waals surface area contributed by atoms with Crippen LogP contribution >= 0.6 is 0 Å². The zero-order valence-corrected chi connectivity index (χ0v) is 33.5. The zero-order valence-electron chi connectivity index (χ0n) is 33.5. The van der Waals surface area contributed by atoms with Crippen molar-refractivity contribution in [2.24, 2.45) is 17.3 Å². The molecule has 1 aliphatic rings. The van der Waals surface area contributed by atoms with Crippen LogP contribution in [0.2, 0.25) is 0 Å². The number of nitrogens with zero attached hydrogens (tertiary/aromatic N) is 2. The summed E-state index contributed by atoms with van der Waals surface area (Å²) < 4.78 is 5.44. The lowest BCUT2D eigenvalue weighted by Gasteiger charge is -2.36. The second kappa shape index (κ2) is 19.5. The van der Waals surface area contributed by atoms with Gasteiger partial charge in [-0.1, -0.05) is 84.7 Å². The summed E-state index contributed by atoms with van der Waals surface area (Å²) in [5, 5.41) is 10.4. The van der Waals surface area contributed by atoms with Crippen LogP contribution in [0, 0.1) is 17.3 Å². The van der Waals surface area contributed by atoms with E-state index in [9.17, 15) is 33.6 Å². The van der Waals surface area contributed by atoms with Crippen molar-refractivity contribution in [2.45, 2.75) is 124 Å². The van der Waals surface area contributed by atoms with Gasteiger partial charge in [0, 0.05) is 20.6 Å². The van der Waals surface area contributed by atoms with Gasteiger partial charge in [0.05, 0.1) is 12.6 Å². The van der Waals surface area contributed by atoms with Crippen LogP contribution in [-0.4, -0.2) is 102 Å². The fourth-order valence-corrected chi connectivity index (χ4v) is 6.07. The number of amides is 6.